The molecule has 5 heterocycles. The van der Waals surface area contributed by atoms with Crippen molar-refractivity contribution >= 4 is 22.7 Å². The number of amides is 2. The molecule has 12 heteroatoms. The van der Waals surface area contributed by atoms with Gasteiger partial charge in [-0.3, -0.25) is 14.5 Å². The Kier molecular flexibility index (Phi) is 8.89. The molecule has 1 N–H and O–H groups in total. The number of fused-ring (bicyclic) bond motifs is 5. The Morgan fingerprint density at radius 1 is 0.918 bits per heavy atom. The van der Waals surface area contributed by atoms with E-state index >= 15 is 0 Å². The molecule has 258 valence electrons. The highest BCUT2D eigenvalue weighted by Crippen LogP contribution is 2.45. The predicted octanol–water partition coefficient (Wildman–Crippen LogP) is 2.98. The first kappa shape index (κ1) is 32.0. The molecule has 8 rings (SSSR count). The molecule has 3 fully saturated rings. The van der Waals surface area contributed by atoms with Crippen LogP contribution in [0.25, 0.3) is 10.9 Å². The first-order chi connectivity index (χ1) is 24.0. The number of aromatic amines is 1. The lowest BCUT2D eigenvalue weighted by atomic mass is 9.83. The molecule has 4 atom stereocenters. The summed E-state index contributed by atoms with van der Waals surface area (Å²) < 4.78 is 33.6. The molecule has 1 aromatic heterocycles. The average molecular weight is 671 g/mol. The van der Waals surface area contributed by atoms with Crippen LogP contribution in [0.4, 0.5) is 0 Å². The molecule has 2 amide bonds. The minimum Gasteiger partial charge on any atom is -0.487 e. The number of nitrogens with one attached hydrogen (secondary N) is 1. The fourth-order valence-electron chi connectivity index (χ4n) is 7.75. The van der Waals surface area contributed by atoms with Crippen LogP contribution < -0.4 is 9.47 Å². The summed E-state index contributed by atoms with van der Waals surface area (Å²) in [5, 5.41) is 1.09. The molecule has 49 heavy (non-hydrogen) atoms. The molecular formula is C37H42N4O8. The summed E-state index contributed by atoms with van der Waals surface area (Å²) in [7, 11) is 3.28. The van der Waals surface area contributed by atoms with Gasteiger partial charge in [0.25, 0.3) is 0 Å². The van der Waals surface area contributed by atoms with E-state index in [1.807, 2.05) is 58.4 Å². The Labute approximate surface area is 285 Å². The quantitative estimate of drug-likeness (QED) is 0.291. The molecule has 0 saturated carbocycles. The number of aromatic nitrogens is 1. The van der Waals surface area contributed by atoms with Gasteiger partial charge in [0.05, 0.1) is 25.3 Å². The maximum Gasteiger partial charge on any atom is 0.246 e. The Balaban J connectivity index is 0.992. The first-order valence-electron chi connectivity index (χ1n) is 17.0. The Morgan fingerprint density at radius 3 is 2.51 bits per heavy atom. The smallest absolute Gasteiger partial charge is 0.246 e. The van der Waals surface area contributed by atoms with Crippen LogP contribution in [-0.2, 0) is 41.5 Å². The second kappa shape index (κ2) is 13.6. The van der Waals surface area contributed by atoms with Crippen molar-refractivity contribution in [2.75, 3.05) is 67.1 Å². The highest BCUT2D eigenvalue weighted by atomic mass is 16.7. The van der Waals surface area contributed by atoms with Crippen LogP contribution in [0.2, 0.25) is 0 Å². The van der Waals surface area contributed by atoms with Crippen molar-refractivity contribution < 1.29 is 38.0 Å². The number of nitrogens with zero attached hydrogens (tertiary/aromatic N) is 3. The molecule has 3 saturated heterocycles. The standard InChI is InChI=1S/C37H42N4O8/c1-44-11-13-46-30-9-7-23(15-32(30)47-14-12-45-2)18-39-19-25(20-39)40-21-34(42)41-29(37(40)43)17-27-26-5-3-4-6-28(26)38-35(27)36(41)24-8-10-31-33(16-24)49-22-48-31/h3-10,15-16,25,29,31,33,36,38H,11-14,17-22H2,1-2H3/t29-,31?,33?,36-/m1/s1. The Morgan fingerprint density at radius 2 is 1.69 bits per heavy atom. The third-order valence-electron chi connectivity index (χ3n) is 10.2. The number of benzene rings is 2. The normalized spacial score (nSPS) is 25.2. The van der Waals surface area contributed by atoms with Crippen molar-refractivity contribution in [1.82, 2.24) is 19.7 Å². The number of hydrogen-bond acceptors (Lipinski definition) is 9. The third kappa shape index (κ3) is 6.01. The minimum atomic E-state index is -0.586. The molecule has 4 aliphatic heterocycles. The summed E-state index contributed by atoms with van der Waals surface area (Å²) in [6.07, 6.45) is 6.21. The van der Waals surface area contributed by atoms with Crippen LogP contribution in [0.15, 0.2) is 66.3 Å². The maximum atomic E-state index is 14.4. The number of carbonyl (C=O) groups excluding carboxylic acids is 2. The van der Waals surface area contributed by atoms with Crippen molar-refractivity contribution in [1.29, 1.82) is 0 Å². The summed E-state index contributed by atoms with van der Waals surface area (Å²) >= 11 is 0. The van der Waals surface area contributed by atoms with Crippen molar-refractivity contribution in [2.24, 2.45) is 0 Å². The number of methoxy groups -OCH3 is 2. The van der Waals surface area contributed by atoms with Gasteiger partial charge >= 0.3 is 0 Å². The highest BCUT2D eigenvalue weighted by molar-refractivity contribution is 5.98. The minimum absolute atomic E-state index is 0.00952. The highest BCUT2D eigenvalue weighted by Gasteiger charge is 2.51. The predicted molar refractivity (Wildman–Crippen MR) is 179 cm³/mol. The number of likely N-dealkylation sites (tertiary alicyclic amines) is 1. The van der Waals surface area contributed by atoms with Gasteiger partial charge in [0, 0.05) is 56.9 Å². The van der Waals surface area contributed by atoms with E-state index in [0.717, 1.165) is 33.3 Å². The van der Waals surface area contributed by atoms with Gasteiger partial charge in [-0.25, -0.2) is 0 Å². The number of rotatable bonds is 12. The van der Waals surface area contributed by atoms with Crippen LogP contribution in [-0.4, -0.2) is 123 Å². The fourth-order valence-corrected chi connectivity index (χ4v) is 7.75. The van der Waals surface area contributed by atoms with Gasteiger partial charge in [0.15, 0.2) is 11.5 Å². The molecule has 2 unspecified atom stereocenters. The maximum absolute atomic E-state index is 14.4. The fraction of sp³-hybridized carbons (Fsp3) is 0.459. The number of piperazine rings is 1. The van der Waals surface area contributed by atoms with E-state index in [1.165, 1.54) is 0 Å². The van der Waals surface area contributed by atoms with Gasteiger partial charge in [-0.2, -0.15) is 0 Å². The Bertz CT molecular complexity index is 1780. The molecule has 12 nitrogen and oxygen atoms in total. The second-order valence-corrected chi connectivity index (χ2v) is 13.2. The van der Waals surface area contributed by atoms with Crippen molar-refractivity contribution in [3.63, 3.8) is 0 Å². The number of hydrogen-bond donors (Lipinski definition) is 1. The van der Waals surface area contributed by atoms with Crippen LogP contribution in [0.5, 0.6) is 11.5 Å². The van der Waals surface area contributed by atoms with E-state index < -0.39 is 12.1 Å². The van der Waals surface area contributed by atoms with Gasteiger partial charge < -0.3 is 43.2 Å². The van der Waals surface area contributed by atoms with E-state index in [2.05, 4.69) is 22.0 Å². The van der Waals surface area contributed by atoms with E-state index in [1.54, 1.807) is 14.2 Å². The van der Waals surface area contributed by atoms with Gasteiger partial charge in [0.1, 0.15) is 44.8 Å². The number of carbonyl (C=O) groups is 2. The van der Waals surface area contributed by atoms with Crippen LogP contribution in [0.1, 0.15) is 22.9 Å². The van der Waals surface area contributed by atoms with Crippen LogP contribution in [0.3, 0.4) is 0 Å². The zero-order chi connectivity index (χ0) is 33.5. The number of para-hydroxylation sites is 1. The van der Waals surface area contributed by atoms with Crippen LogP contribution in [0, 0.1) is 0 Å². The lowest BCUT2D eigenvalue weighted by Crippen LogP contribution is -2.69. The zero-order valence-corrected chi connectivity index (χ0v) is 27.8. The van der Waals surface area contributed by atoms with Gasteiger partial charge in [0.2, 0.25) is 11.8 Å². The summed E-state index contributed by atoms with van der Waals surface area (Å²) in [4.78, 5) is 38.0. The molecular weight excluding hydrogens is 628 g/mol. The van der Waals surface area contributed by atoms with Crippen LogP contribution >= 0.6 is 0 Å². The zero-order valence-electron chi connectivity index (χ0n) is 27.8. The lowest BCUT2D eigenvalue weighted by Gasteiger charge is -2.52. The lowest BCUT2D eigenvalue weighted by molar-refractivity contribution is -0.164. The third-order valence-corrected chi connectivity index (χ3v) is 10.2. The van der Waals surface area contributed by atoms with Crippen molar-refractivity contribution in [3.05, 3.63) is 83.1 Å². The largest absolute Gasteiger partial charge is 0.487 e. The molecule has 0 bridgehead atoms. The molecule has 0 radical (unpaired) electrons. The van der Waals surface area contributed by atoms with E-state index in [9.17, 15) is 9.59 Å². The van der Waals surface area contributed by atoms with E-state index in [0.29, 0.717) is 64.0 Å². The molecule has 3 aromatic rings. The van der Waals surface area contributed by atoms with Crippen molar-refractivity contribution in [3.8, 4) is 11.5 Å². The summed E-state index contributed by atoms with van der Waals surface area (Å²) in [6, 6.07) is 13.1. The SMILES string of the molecule is COCCOc1ccc(CN2CC(N3CC(=O)N4[C@H](Cc5c([nH]c6ccccc56)[C@H]4C4=CC5OCOC5C=C4)C3=O)C2)cc1OCCOC. The van der Waals surface area contributed by atoms with Gasteiger partial charge in [-0.1, -0.05) is 36.4 Å². The molecule has 1 aliphatic carbocycles. The average Bonchev–Trinajstić information content (AvgIpc) is 3.72. The molecule has 5 aliphatic rings. The van der Waals surface area contributed by atoms with Crippen molar-refractivity contribution in [2.45, 2.75) is 43.3 Å². The molecule has 0 spiro atoms. The summed E-state index contributed by atoms with van der Waals surface area (Å²) in [5.41, 5.74) is 5.08. The number of ether oxygens (including phenoxy) is 6. The second-order valence-electron chi connectivity index (χ2n) is 13.2. The van der Waals surface area contributed by atoms with Gasteiger partial charge in [-0.05, 0) is 41.0 Å². The molecule has 2 aromatic carbocycles. The van der Waals surface area contributed by atoms with E-state index in [-0.39, 0.29) is 43.4 Å². The summed E-state index contributed by atoms with van der Waals surface area (Å²) in [5.74, 6) is 1.29. The monoisotopic (exact) mass is 670 g/mol. The Hall–Kier alpha value is -4.20. The van der Waals surface area contributed by atoms with E-state index in [4.69, 9.17) is 28.4 Å². The topological polar surface area (TPSA) is 115 Å². The summed E-state index contributed by atoms with van der Waals surface area (Å²) in [6.45, 7) is 4.15. The van der Waals surface area contributed by atoms with Gasteiger partial charge in [-0.15, -0.1) is 0 Å². The first-order valence-corrected chi connectivity index (χ1v) is 17.0. The number of H-pyrrole nitrogens is 1.